The molecule has 0 unspecified atom stereocenters. The minimum Gasteiger partial charge on any atom is -0.440 e. The van der Waals surface area contributed by atoms with Gasteiger partial charge in [-0.05, 0) is 12.1 Å². The first-order chi connectivity index (χ1) is 8.19. The summed E-state index contributed by atoms with van der Waals surface area (Å²) in [6, 6.07) is 2.54. The summed E-state index contributed by atoms with van der Waals surface area (Å²) in [6.07, 6.45) is -5.93. The molecule has 1 aromatic carbocycles. The summed E-state index contributed by atoms with van der Waals surface area (Å²) in [5.41, 5.74) is -0.0742. The molecule has 0 bridgehead atoms. The minimum atomic E-state index is -4.61. The van der Waals surface area contributed by atoms with Gasteiger partial charge in [-0.25, -0.2) is 4.79 Å². The van der Waals surface area contributed by atoms with Gasteiger partial charge in [0.25, 0.3) is 0 Å². The molecule has 3 nitrogen and oxygen atoms in total. The number of benzene rings is 1. The number of anilines is 1. The fraction of sp³-hybridized carbons (Fsp3) is 0.222. The number of ether oxygens (including phenoxy) is 1. The van der Waals surface area contributed by atoms with Gasteiger partial charge in [0.05, 0.1) is 15.7 Å². The van der Waals surface area contributed by atoms with Gasteiger partial charge in [-0.3, -0.25) is 5.32 Å². The average Bonchev–Trinajstić information content (AvgIpc) is 2.19. The van der Waals surface area contributed by atoms with Crippen molar-refractivity contribution in [1.82, 2.24) is 0 Å². The number of rotatable bonds is 2. The van der Waals surface area contributed by atoms with Crippen LogP contribution in [0.4, 0.5) is 23.7 Å². The Labute approximate surface area is 115 Å². The van der Waals surface area contributed by atoms with Crippen molar-refractivity contribution >= 4 is 46.6 Å². The molecule has 0 saturated heterocycles. The quantitative estimate of drug-likeness (QED) is 0.852. The van der Waals surface area contributed by atoms with Gasteiger partial charge in [0.2, 0.25) is 0 Å². The highest BCUT2D eigenvalue weighted by molar-refractivity contribution is 6.42. The summed E-state index contributed by atoms with van der Waals surface area (Å²) in [6.45, 7) is -1.71. The standard InChI is InChI=1S/C9H5Cl3F3NO2/c10-4-1-5(11)7(6(12)2-4)16-8(17)18-3-9(13,14)15/h1-2H,3H2,(H,16,17). The van der Waals surface area contributed by atoms with Crippen LogP contribution in [0.3, 0.4) is 0 Å². The Bertz CT molecular complexity index is 442. The molecule has 0 atom stereocenters. The summed E-state index contributed by atoms with van der Waals surface area (Å²) in [4.78, 5) is 11.1. The molecule has 1 amide bonds. The first-order valence-corrected chi connectivity index (χ1v) is 5.47. The zero-order valence-corrected chi connectivity index (χ0v) is 10.7. The third-order valence-corrected chi connectivity index (χ3v) is 2.42. The molecule has 0 aliphatic heterocycles. The largest absolute Gasteiger partial charge is 0.440 e. The van der Waals surface area contributed by atoms with Crippen molar-refractivity contribution in [2.24, 2.45) is 0 Å². The minimum absolute atomic E-state index is 0.0172. The van der Waals surface area contributed by atoms with Crippen LogP contribution in [0.1, 0.15) is 0 Å². The highest BCUT2D eigenvalue weighted by Crippen LogP contribution is 2.33. The number of amides is 1. The topological polar surface area (TPSA) is 38.3 Å². The van der Waals surface area contributed by atoms with E-state index in [0.29, 0.717) is 0 Å². The smallest absolute Gasteiger partial charge is 0.422 e. The van der Waals surface area contributed by atoms with Crippen LogP contribution in [0.15, 0.2) is 12.1 Å². The van der Waals surface area contributed by atoms with E-state index in [9.17, 15) is 18.0 Å². The number of nitrogens with one attached hydrogen (secondary N) is 1. The molecule has 1 aromatic rings. The third-order valence-electron chi connectivity index (χ3n) is 1.60. The number of alkyl halides is 3. The molecule has 18 heavy (non-hydrogen) atoms. The molecule has 100 valence electrons. The van der Waals surface area contributed by atoms with Gasteiger partial charge < -0.3 is 4.74 Å². The van der Waals surface area contributed by atoms with Crippen molar-refractivity contribution in [1.29, 1.82) is 0 Å². The molecule has 1 rings (SSSR count). The van der Waals surface area contributed by atoms with Crippen molar-refractivity contribution in [2.45, 2.75) is 6.18 Å². The predicted octanol–water partition coefficient (Wildman–Crippen LogP) is 4.76. The summed E-state index contributed by atoms with van der Waals surface area (Å²) in [7, 11) is 0. The number of hydrogen-bond acceptors (Lipinski definition) is 2. The molecule has 0 aromatic heterocycles. The zero-order chi connectivity index (χ0) is 13.9. The highest BCUT2D eigenvalue weighted by atomic mass is 35.5. The lowest BCUT2D eigenvalue weighted by atomic mass is 10.3. The Morgan fingerprint density at radius 3 is 2.17 bits per heavy atom. The van der Waals surface area contributed by atoms with Crippen molar-refractivity contribution in [2.75, 3.05) is 11.9 Å². The molecular weight excluding hydrogens is 317 g/mol. The Morgan fingerprint density at radius 1 is 1.22 bits per heavy atom. The second-order valence-corrected chi connectivity index (χ2v) is 4.31. The van der Waals surface area contributed by atoms with E-state index in [1.54, 1.807) is 0 Å². The summed E-state index contributed by atoms with van der Waals surface area (Å²) < 4.78 is 39.3. The molecule has 1 N–H and O–H groups in total. The molecular formula is C9H5Cl3F3NO2. The molecule has 9 heteroatoms. The van der Waals surface area contributed by atoms with Crippen molar-refractivity contribution in [3.63, 3.8) is 0 Å². The molecule has 0 aliphatic carbocycles. The van der Waals surface area contributed by atoms with E-state index in [0.717, 1.165) is 0 Å². The Hall–Kier alpha value is -0.850. The zero-order valence-electron chi connectivity index (χ0n) is 8.45. The average molecular weight is 322 g/mol. The highest BCUT2D eigenvalue weighted by Gasteiger charge is 2.29. The van der Waals surface area contributed by atoms with Crippen LogP contribution in [-0.2, 0) is 4.74 Å². The van der Waals surface area contributed by atoms with Crippen molar-refractivity contribution in [3.8, 4) is 0 Å². The third kappa shape index (κ3) is 4.80. The molecule has 0 aliphatic rings. The first-order valence-electron chi connectivity index (χ1n) is 4.34. The Morgan fingerprint density at radius 2 is 1.72 bits per heavy atom. The Balaban J connectivity index is 2.71. The van der Waals surface area contributed by atoms with Gasteiger partial charge in [-0.2, -0.15) is 13.2 Å². The first kappa shape index (κ1) is 15.2. The molecule has 0 radical (unpaired) electrons. The fourth-order valence-electron chi connectivity index (χ4n) is 0.947. The van der Waals surface area contributed by atoms with Gasteiger partial charge >= 0.3 is 12.3 Å². The normalized spacial score (nSPS) is 11.2. The SMILES string of the molecule is O=C(Nc1c(Cl)cc(Cl)cc1Cl)OCC(F)(F)F. The van der Waals surface area contributed by atoms with Crippen LogP contribution < -0.4 is 5.32 Å². The van der Waals surface area contributed by atoms with E-state index in [1.165, 1.54) is 12.1 Å². The van der Waals surface area contributed by atoms with E-state index in [1.807, 2.05) is 5.32 Å². The van der Waals surface area contributed by atoms with Gasteiger partial charge in [0, 0.05) is 5.02 Å². The van der Waals surface area contributed by atoms with E-state index in [4.69, 9.17) is 34.8 Å². The van der Waals surface area contributed by atoms with Gasteiger partial charge in [-0.1, -0.05) is 34.8 Å². The van der Waals surface area contributed by atoms with Crippen LogP contribution >= 0.6 is 34.8 Å². The lowest BCUT2D eigenvalue weighted by Crippen LogP contribution is -2.23. The van der Waals surface area contributed by atoms with Crippen molar-refractivity contribution < 1.29 is 22.7 Å². The Kier molecular flexibility index (Phi) is 4.95. The van der Waals surface area contributed by atoms with Gasteiger partial charge in [-0.15, -0.1) is 0 Å². The fourth-order valence-corrected chi connectivity index (χ4v) is 1.86. The van der Waals surface area contributed by atoms with Gasteiger partial charge in [0.1, 0.15) is 0 Å². The van der Waals surface area contributed by atoms with E-state index >= 15 is 0 Å². The summed E-state index contributed by atoms with van der Waals surface area (Å²) in [5, 5.41) is 2.18. The second kappa shape index (κ2) is 5.86. The van der Waals surface area contributed by atoms with Gasteiger partial charge in [0.15, 0.2) is 6.61 Å². The predicted molar refractivity (Wildman–Crippen MR) is 62.5 cm³/mol. The number of hydrogen-bond donors (Lipinski definition) is 1. The maximum Gasteiger partial charge on any atom is 0.422 e. The summed E-state index contributed by atoms with van der Waals surface area (Å²) in [5.74, 6) is 0. The summed E-state index contributed by atoms with van der Waals surface area (Å²) >= 11 is 17.0. The number of halogens is 6. The van der Waals surface area contributed by atoms with Crippen LogP contribution in [0.2, 0.25) is 15.1 Å². The van der Waals surface area contributed by atoms with E-state index < -0.39 is 18.9 Å². The number of carbonyl (C=O) groups excluding carboxylic acids is 1. The van der Waals surface area contributed by atoms with Crippen LogP contribution in [0.5, 0.6) is 0 Å². The molecule has 0 fully saturated rings. The molecule has 0 heterocycles. The monoisotopic (exact) mass is 321 g/mol. The van der Waals surface area contributed by atoms with E-state index in [2.05, 4.69) is 4.74 Å². The molecule has 0 spiro atoms. The van der Waals surface area contributed by atoms with E-state index in [-0.39, 0.29) is 20.8 Å². The molecule has 0 saturated carbocycles. The van der Waals surface area contributed by atoms with Crippen molar-refractivity contribution in [3.05, 3.63) is 27.2 Å². The van der Waals surface area contributed by atoms with Crippen LogP contribution in [0.25, 0.3) is 0 Å². The van der Waals surface area contributed by atoms with Crippen LogP contribution in [-0.4, -0.2) is 18.9 Å². The lowest BCUT2D eigenvalue weighted by molar-refractivity contribution is -0.159. The number of carbonyl (C=O) groups is 1. The maximum absolute atomic E-state index is 11.8. The maximum atomic E-state index is 11.8. The second-order valence-electron chi connectivity index (χ2n) is 3.06. The van der Waals surface area contributed by atoms with Crippen LogP contribution in [0, 0.1) is 0 Å². The lowest BCUT2D eigenvalue weighted by Gasteiger charge is -2.11.